The van der Waals surface area contributed by atoms with Crippen LogP contribution in [0, 0.1) is 5.41 Å². The smallest absolute Gasteiger partial charge is 0.407 e. The van der Waals surface area contributed by atoms with Crippen LogP contribution in [-0.4, -0.2) is 24.9 Å². The average Bonchev–Trinajstić information content (AvgIpc) is 2.67. The van der Waals surface area contributed by atoms with Crippen LogP contribution in [-0.2, 0) is 16.4 Å². The highest BCUT2D eigenvalue weighted by molar-refractivity contribution is 6.62. The quantitative estimate of drug-likeness (QED) is 0.749. The molecule has 0 radical (unpaired) electrons. The maximum Gasteiger partial charge on any atom is 0.494 e. The van der Waals surface area contributed by atoms with E-state index >= 15 is 0 Å². The predicted octanol–water partition coefficient (Wildman–Crippen LogP) is 1.55. The van der Waals surface area contributed by atoms with E-state index in [2.05, 4.69) is 13.8 Å². The van der Waals surface area contributed by atoms with Crippen molar-refractivity contribution < 1.29 is 13.7 Å². The highest BCUT2D eigenvalue weighted by Gasteiger charge is 2.34. The number of fused-ring (bicyclic) bond motifs is 1. The van der Waals surface area contributed by atoms with Gasteiger partial charge in [-0.2, -0.15) is 0 Å². The van der Waals surface area contributed by atoms with Gasteiger partial charge in [-0.05, 0) is 17.6 Å². The molecule has 0 N–H and O–H groups in total. The van der Waals surface area contributed by atoms with E-state index in [0.717, 1.165) is 5.46 Å². The maximum absolute atomic E-state index is 11.5. The Morgan fingerprint density at radius 1 is 1.30 bits per heavy atom. The van der Waals surface area contributed by atoms with Gasteiger partial charge in [0, 0.05) is 25.7 Å². The summed E-state index contributed by atoms with van der Waals surface area (Å²) in [5.41, 5.74) is 1.82. The molecule has 1 aromatic heterocycles. The molecule has 1 aliphatic rings. The van der Waals surface area contributed by atoms with Crippen LogP contribution in [0.15, 0.2) is 21.3 Å². The van der Waals surface area contributed by atoms with E-state index in [0.29, 0.717) is 29.3 Å². The van der Waals surface area contributed by atoms with Gasteiger partial charge >= 0.3 is 12.9 Å². The second-order valence-electron chi connectivity index (χ2n) is 5.90. The fourth-order valence-electron chi connectivity index (χ4n) is 2.22. The summed E-state index contributed by atoms with van der Waals surface area (Å²) < 4.78 is 18.0. The van der Waals surface area contributed by atoms with Crippen molar-refractivity contribution in [2.24, 2.45) is 12.5 Å². The van der Waals surface area contributed by atoms with E-state index in [-0.39, 0.29) is 5.41 Å². The normalized spacial score (nSPS) is 18.7. The van der Waals surface area contributed by atoms with Crippen molar-refractivity contribution in [1.29, 1.82) is 0 Å². The lowest BCUT2D eigenvalue weighted by atomic mass is 9.76. The standard InChI is InChI=1S/C13H15BClNO4/c1-13(2)6-18-14(19-7-13)8-4-9(15)11-10(5-8)16(3)12(17)20-11/h4-5H,6-7H2,1-3H3. The zero-order valence-corrected chi connectivity index (χ0v) is 12.4. The summed E-state index contributed by atoms with van der Waals surface area (Å²) in [6.45, 7) is 5.38. The predicted molar refractivity (Wildman–Crippen MR) is 77.5 cm³/mol. The molecule has 20 heavy (non-hydrogen) atoms. The van der Waals surface area contributed by atoms with Crippen LogP contribution in [0.25, 0.3) is 11.1 Å². The third-order valence-corrected chi connectivity index (χ3v) is 3.67. The Hall–Kier alpha value is -1.24. The number of rotatable bonds is 1. The van der Waals surface area contributed by atoms with Gasteiger partial charge in [0.1, 0.15) is 0 Å². The van der Waals surface area contributed by atoms with Gasteiger partial charge in [0.2, 0.25) is 0 Å². The molecule has 3 rings (SSSR count). The first-order valence-corrected chi connectivity index (χ1v) is 6.77. The molecule has 2 heterocycles. The lowest BCUT2D eigenvalue weighted by molar-refractivity contribution is 0.0343. The first kappa shape index (κ1) is 13.7. The van der Waals surface area contributed by atoms with Crippen molar-refractivity contribution in [3.63, 3.8) is 0 Å². The molecular formula is C13H15BClNO4. The van der Waals surface area contributed by atoms with Crippen molar-refractivity contribution in [3.8, 4) is 0 Å². The molecule has 1 aromatic carbocycles. The molecule has 2 aromatic rings. The van der Waals surface area contributed by atoms with Gasteiger partial charge in [0.15, 0.2) is 5.58 Å². The fraction of sp³-hybridized carbons (Fsp3) is 0.462. The molecule has 0 bridgehead atoms. The fourth-order valence-corrected chi connectivity index (χ4v) is 2.49. The van der Waals surface area contributed by atoms with E-state index in [4.69, 9.17) is 25.3 Å². The van der Waals surface area contributed by atoms with Crippen molar-refractivity contribution in [3.05, 3.63) is 27.7 Å². The minimum absolute atomic E-state index is 0.00684. The minimum atomic E-state index is -0.463. The average molecular weight is 296 g/mol. The molecule has 106 valence electrons. The molecule has 1 aliphatic heterocycles. The number of oxazole rings is 1. The number of nitrogens with zero attached hydrogens (tertiary/aromatic N) is 1. The first-order chi connectivity index (χ1) is 9.37. The third-order valence-electron chi connectivity index (χ3n) is 3.39. The Balaban J connectivity index is 2.01. The van der Waals surface area contributed by atoms with Crippen molar-refractivity contribution in [1.82, 2.24) is 4.57 Å². The Morgan fingerprint density at radius 3 is 2.60 bits per heavy atom. The summed E-state index contributed by atoms with van der Waals surface area (Å²) in [5, 5.41) is 0.382. The van der Waals surface area contributed by atoms with Crippen molar-refractivity contribution in [2.75, 3.05) is 13.2 Å². The summed E-state index contributed by atoms with van der Waals surface area (Å²) in [5.74, 6) is -0.439. The topological polar surface area (TPSA) is 53.6 Å². The van der Waals surface area contributed by atoms with Crippen LogP contribution < -0.4 is 11.2 Å². The summed E-state index contributed by atoms with van der Waals surface area (Å²) in [4.78, 5) is 11.5. The Labute approximate surface area is 121 Å². The highest BCUT2D eigenvalue weighted by atomic mass is 35.5. The summed E-state index contributed by atoms with van der Waals surface area (Å²) in [6, 6.07) is 3.53. The van der Waals surface area contributed by atoms with Crippen molar-refractivity contribution >= 4 is 35.3 Å². The molecular weight excluding hydrogens is 280 g/mol. The molecule has 0 unspecified atom stereocenters. The molecule has 0 spiro atoms. The molecule has 1 saturated heterocycles. The number of aryl methyl sites for hydroxylation is 1. The SMILES string of the molecule is Cn1c(=O)oc2c(Cl)cc(B3OCC(C)(C)CO3)cc21. The second kappa shape index (κ2) is 4.65. The van der Waals surface area contributed by atoms with Gasteiger partial charge in [-0.15, -0.1) is 0 Å². The zero-order valence-electron chi connectivity index (χ0n) is 11.6. The number of halogens is 1. The Bertz CT molecular complexity index is 711. The van der Waals surface area contributed by atoms with E-state index in [9.17, 15) is 4.79 Å². The van der Waals surface area contributed by atoms with Gasteiger partial charge in [-0.3, -0.25) is 4.57 Å². The maximum atomic E-state index is 11.5. The van der Waals surface area contributed by atoms with Crippen LogP contribution >= 0.6 is 11.6 Å². The molecule has 1 fully saturated rings. The summed E-state index contributed by atoms with van der Waals surface area (Å²) in [7, 11) is 1.18. The Morgan fingerprint density at radius 2 is 1.95 bits per heavy atom. The van der Waals surface area contributed by atoms with E-state index < -0.39 is 12.9 Å². The van der Waals surface area contributed by atoms with Gasteiger partial charge in [0.05, 0.1) is 10.5 Å². The van der Waals surface area contributed by atoms with Crippen LogP contribution in [0.1, 0.15) is 13.8 Å². The summed E-state index contributed by atoms with van der Waals surface area (Å²) in [6.07, 6.45) is 0. The van der Waals surface area contributed by atoms with E-state index in [1.54, 1.807) is 13.1 Å². The van der Waals surface area contributed by atoms with Crippen LogP contribution in [0.2, 0.25) is 5.02 Å². The molecule has 0 atom stereocenters. The number of benzene rings is 1. The van der Waals surface area contributed by atoms with Gasteiger partial charge < -0.3 is 13.7 Å². The largest absolute Gasteiger partial charge is 0.494 e. The highest BCUT2D eigenvalue weighted by Crippen LogP contribution is 2.24. The molecule has 5 nitrogen and oxygen atoms in total. The monoisotopic (exact) mass is 295 g/mol. The van der Waals surface area contributed by atoms with E-state index in [1.165, 1.54) is 4.57 Å². The van der Waals surface area contributed by atoms with Crippen LogP contribution in [0.4, 0.5) is 0 Å². The number of hydrogen-bond acceptors (Lipinski definition) is 4. The first-order valence-electron chi connectivity index (χ1n) is 6.40. The van der Waals surface area contributed by atoms with E-state index in [1.807, 2.05) is 6.07 Å². The number of hydrogen-bond donors (Lipinski definition) is 0. The lowest BCUT2D eigenvalue weighted by Gasteiger charge is -2.33. The van der Waals surface area contributed by atoms with Gasteiger partial charge in [-0.1, -0.05) is 25.4 Å². The molecule has 0 saturated carbocycles. The molecule has 0 amide bonds. The minimum Gasteiger partial charge on any atom is -0.407 e. The Kier molecular flexibility index (Phi) is 3.19. The van der Waals surface area contributed by atoms with Crippen molar-refractivity contribution in [2.45, 2.75) is 13.8 Å². The lowest BCUT2D eigenvalue weighted by Crippen LogP contribution is -2.47. The zero-order chi connectivity index (χ0) is 14.5. The van der Waals surface area contributed by atoms with Gasteiger partial charge in [0.25, 0.3) is 0 Å². The third kappa shape index (κ3) is 2.28. The van der Waals surface area contributed by atoms with Gasteiger partial charge in [-0.25, -0.2) is 4.79 Å². The second-order valence-corrected chi connectivity index (χ2v) is 6.30. The summed E-state index contributed by atoms with van der Waals surface area (Å²) >= 11 is 6.17. The van der Waals surface area contributed by atoms with Crippen LogP contribution in [0.5, 0.6) is 0 Å². The number of aromatic nitrogens is 1. The molecule has 7 heteroatoms. The van der Waals surface area contributed by atoms with Crippen LogP contribution in [0.3, 0.4) is 0 Å². The molecule has 0 aliphatic carbocycles.